The van der Waals surface area contributed by atoms with Crippen molar-refractivity contribution in [3.05, 3.63) is 40.1 Å². The van der Waals surface area contributed by atoms with Gasteiger partial charge in [-0.05, 0) is 18.6 Å². The van der Waals surface area contributed by atoms with Gasteiger partial charge in [-0.1, -0.05) is 11.8 Å². The number of nitrogens with two attached hydrogens (primary N) is 1. The third-order valence-electron chi connectivity index (χ3n) is 2.26. The number of carbonyl (C=O) groups excluding carboxylic acids is 1. The highest BCUT2D eigenvalue weighted by atomic mass is 32.1. The van der Waals surface area contributed by atoms with Crippen molar-refractivity contribution in [1.29, 1.82) is 0 Å². The van der Waals surface area contributed by atoms with Gasteiger partial charge in [0.2, 0.25) is 0 Å². The van der Waals surface area contributed by atoms with E-state index in [-0.39, 0.29) is 5.91 Å². The molecule has 2 rings (SSSR count). The first-order chi connectivity index (χ1) is 9.20. The fourth-order valence-electron chi connectivity index (χ4n) is 1.41. The number of aromatic nitrogens is 2. The van der Waals surface area contributed by atoms with Crippen LogP contribution in [0.4, 0.5) is 5.69 Å². The highest BCUT2D eigenvalue weighted by Gasteiger charge is 2.11. The Kier molecular flexibility index (Phi) is 4.23. The van der Waals surface area contributed by atoms with Crippen LogP contribution in [0.1, 0.15) is 20.1 Å². The standard InChI is InChI=1S/C13H12N4OS/c1-9-5-12(19-11(9)3-2-4-14)13(18)17-10-6-15-8-16-7-10/h5-8H,4,14H2,1H3,(H,17,18). The van der Waals surface area contributed by atoms with E-state index in [0.29, 0.717) is 17.1 Å². The van der Waals surface area contributed by atoms with Crippen molar-refractivity contribution in [3.8, 4) is 11.8 Å². The molecule has 0 aliphatic heterocycles. The predicted octanol–water partition coefficient (Wildman–Crippen LogP) is 1.41. The van der Waals surface area contributed by atoms with Gasteiger partial charge in [0.05, 0.1) is 34.4 Å². The summed E-state index contributed by atoms with van der Waals surface area (Å²) in [5.74, 6) is 5.54. The Hall–Kier alpha value is -2.23. The maximum atomic E-state index is 12.0. The summed E-state index contributed by atoms with van der Waals surface area (Å²) in [6.07, 6.45) is 4.49. The van der Waals surface area contributed by atoms with Gasteiger partial charge >= 0.3 is 0 Å². The molecule has 6 heteroatoms. The summed E-state index contributed by atoms with van der Waals surface area (Å²) >= 11 is 1.34. The Bertz CT molecular complexity index is 640. The molecule has 1 amide bonds. The number of amides is 1. The maximum Gasteiger partial charge on any atom is 0.265 e. The molecule has 0 spiro atoms. The van der Waals surface area contributed by atoms with Gasteiger partial charge < -0.3 is 11.1 Å². The van der Waals surface area contributed by atoms with Gasteiger partial charge in [0.15, 0.2) is 0 Å². The van der Waals surface area contributed by atoms with E-state index in [4.69, 9.17) is 5.73 Å². The molecule has 0 bridgehead atoms. The summed E-state index contributed by atoms with van der Waals surface area (Å²) in [6, 6.07) is 1.81. The molecule has 0 fully saturated rings. The third-order valence-corrected chi connectivity index (χ3v) is 3.42. The molecule has 0 unspecified atom stereocenters. The van der Waals surface area contributed by atoms with Gasteiger partial charge in [-0.15, -0.1) is 11.3 Å². The SMILES string of the molecule is Cc1cc(C(=O)Nc2cncnc2)sc1C#CCN. The first kappa shape index (κ1) is 13.2. The minimum Gasteiger partial charge on any atom is -0.320 e. The topological polar surface area (TPSA) is 80.9 Å². The largest absolute Gasteiger partial charge is 0.320 e. The molecule has 0 aliphatic rings. The molecule has 0 saturated heterocycles. The van der Waals surface area contributed by atoms with Crippen molar-refractivity contribution in [3.63, 3.8) is 0 Å². The monoisotopic (exact) mass is 272 g/mol. The number of rotatable bonds is 2. The Morgan fingerprint density at radius 3 is 2.89 bits per heavy atom. The van der Waals surface area contributed by atoms with Gasteiger partial charge in [-0.2, -0.15) is 0 Å². The molecule has 0 aromatic carbocycles. The van der Waals surface area contributed by atoms with Crippen LogP contribution in [0.3, 0.4) is 0 Å². The zero-order valence-electron chi connectivity index (χ0n) is 10.3. The number of hydrogen-bond acceptors (Lipinski definition) is 5. The second-order valence-corrected chi connectivity index (χ2v) is 4.76. The Balaban J connectivity index is 2.16. The molecular weight excluding hydrogens is 260 g/mol. The molecule has 0 aliphatic carbocycles. The van der Waals surface area contributed by atoms with Gasteiger partial charge in [0, 0.05) is 0 Å². The maximum absolute atomic E-state index is 12.0. The summed E-state index contributed by atoms with van der Waals surface area (Å²) in [6.45, 7) is 2.22. The molecular formula is C13H12N4OS. The molecule has 0 atom stereocenters. The zero-order valence-corrected chi connectivity index (χ0v) is 11.1. The molecule has 2 heterocycles. The van der Waals surface area contributed by atoms with Crippen molar-refractivity contribution in [1.82, 2.24) is 9.97 Å². The molecule has 3 N–H and O–H groups in total. The van der Waals surface area contributed by atoms with Crippen molar-refractivity contribution < 1.29 is 4.79 Å². The minimum atomic E-state index is -0.191. The number of carbonyl (C=O) groups is 1. The molecule has 19 heavy (non-hydrogen) atoms. The number of anilines is 1. The van der Waals surface area contributed by atoms with E-state index < -0.39 is 0 Å². The number of hydrogen-bond donors (Lipinski definition) is 2. The van der Waals surface area contributed by atoms with E-state index in [1.807, 2.05) is 13.0 Å². The molecule has 2 aromatic rings. The predicted molar refractivity (Wildman–Crippen MR) is 75.0 cm³/mol. The number of thiophene rings is 1. The van der Waals surface area contributed by atoms with Crippen molar-refractivity contribution in [2.45, 2.75) is 6.92 Å². The van der Waals surface area contributed by atoms with Gasteiger partial charge in [-0.25, -0.2) is 9.97 Å². The highest BCUT2D eigenvalue weighted by Crippen LogP contribution is 2.21. The van der Waals surface area contributed by atoms with E-state index in [9.17, 15) is 4.79 Å². The van der Waals surface area contributed by atoms with E-state index in [0.717, 1.165) is 10.4 Å². The number of aryl methyl sites for hydroxylation is 1. The van der Waals surface area contributed by atoms with Crippen LogP contribution in [-0.2, 0) is 0 Å². The third kappa shape index (κ3) is 3.37. The van der Waals surface area contributed by atoms with Gasteiger partial charge in [0.1, 0.15) is 6.33 Å². The quantitative estimate of drug-likeness (QED) is 0.810. The second-order valence-electron chi connectivity index (χ2n) is 3.71. The first-order valence-electron chi connectivity index (χ1n) is 5.56. The minimum absolute atomic E-state index is 0.191. The zero-order chi connectivity index (χ0) is 13.7. The van der Waals surface area contributed by atoms with Gasteiger partial charge in [-0.3, -0.25) is 4.79 Å². The normalized spacial score (nSPS) is 9.58. The van der Waals surface area contributed by atoms with Crippen molar-refractivity contribution >= 4 is 22.9 Å². The Morgan fingerprint density at radius 2 is 2.21 bits per heavy atom. The van der Waals surface area contributed by atoms with Crippen molar-refractivity contribution in [2.24, 2.45) is 5.73 Å². The van der Waals surface area contributed by atoms with Crippen LogP contribution in [0.15, 0.2) is 24.8 Å². The lowest BCUT2D eigenvalue weighted by Gasteiger charge is -2.00. The molecule has 5 nitrogen and oxygen atoms in total. The Labute approximate surface area is 114 Å². The van der Waals surface area contributed by atoms with Crippen LogP contribution in [0, 0.1) is 18.8 Å². The average molecular weight is 272 g/mol. The van der Waals surface area contributed by atoms with E-state index in [2.05, 4.69) is 27.1 Å². The fourth-order valence-corrected chi connectivity index (χ4v) is 2.35. The van der Waals surface area contributed by atoms with Crippen LogP contribution in [0.25, 0.3) is 0 Å². The fraction of sp³-hybridized carbons (Fsp3) is 0.154. The first-order valence-corrected chi connectivity index (χ1v) is 6.38. The summed E-state index contributed by atoms with van der Waals surface area (Å²) in [5, 5.41) is 2.73. The Morgan fingerprint density at radius 1 is 1.47 bits per heavy atom. The lowest BCUT2D eigenvalue weighted by atomic mass is 10.2. The average Bonchev–Trinajstić information content (AvgIpc) is 2.79. The van der Waals surface area contributed by atoms with Crippen LogP contribution in [0.5, 0.6) is 0 Å². The van der Waals surface area contributed by atoms with Crippen LogP contribution >= 0.6 is 11.3 Å². The second kappa shape index (κ2) is 6.09. The molecule has 0 radical (unpaired) electrons. The molecule has 2 aromatic heterocycles. The van der Waals surface area contributed by atoms with Crippen LogP contribution in [0.2, 0.25) is 0 Å². The summed E-state index contributed by atoms with van der Waals surface area (Å²) in [5.41, 5.74) is 6.87. The van der Waals surface area contributed by atoms with Crippen molar-refractivity contribution in [2.75, 3.05) is 11.9 Å². The summed E-state index contributed by atoms with van der Waals surface area (Å²) in [7, 11) is 0. The van der Waals surface area contributed by atoms with Gasteiger partial charge in [0.25, 0.3) is 5.91 Å². The highest BCUT2D eigenvalue weighted by molar-refractivity contribution is 7.14. The lowest BCUT2D eigenvalue weighted by Crippen LogP contribution is -2.10. The van der Waals surface area contributed by atoms with Crippen LogP contribution in [-0.4, -0.2) is 22.4 Å². The smallest absolute Gasteiger partial charge is 0.265 e. The number of nitrogens with zero attached hydrogens (tertiary/aromatic N) is 2. The van der Waals surface area contributed by atoms with Crippen LogP contribution < -0.4 is 11.1 Å². The lowest BCUT2D eigenvalue weighted by molar-refractivity contribution is 0.103. The molecule has 96 valence electrons. The van der Waals surface area contributed by atoms with E-state index >= 15 is 0 Å². The summed E-state index contributed by atoms with van der Waals surface area (Å²) in [4.78, 5) is 21.2. The summed E-state index contributed by atoms with van der Waals surface area (Å²) < 4.78 is 0. The number of nitrogens with one attached hydrogen (secondary N) is 1. The molecule has 0 saturated carbocycles. The van der Waals surface area contributed by atoms with E-state index in [1.165, 1.54) is 17.7 Å². The van der Waals surface area contributed by atoms with E-state index in [1.54, 1.807) is 12.4 Å².